The third-order valence-electron chi connectivity index (χ3n) is 3.07. The maximum Gasteiger partial charge on any atom is 0.0551 e. The number of aliphatic carboxylic acids is 1. The first-order valence-corrected chi connectivity index (χ1v) is 6.58. The summed E-state index contributed by atoms with van der Waals surface area (Å²) >= 11 is 1.43. The number of hydrogen-bond acceptors (Lipinski definition) is 3. The number of rotatable bonds is 4. The largest absolute Gasteiger partial charge is 0.549 e. The van der Waals surface area contributed by atoms with E-state index in [2.05, 4.69) is 0 Å². The zero-order valence-electron chi connectivity index (χ0n) is 9.09. The predicted octanol–water partition coefficient (Wildman–Crippen LogP) is 2.09. The predicted molar refractivity (Wildman–Crippen MR) is 63.1 cm³/mol. The lowest BCUT2D eigenvalue weighted by molar-refractivity contribution is -0.305. The van der Waals surface area contributed by atoms with E-state index in [4.69, 9.17) is 0 Å². The molecular formula is C13H15O2S-. The zero-order chi connectivity index (χ0) is 11.4. The summed E-state index contributed by atoms with van der Waals surface area (Å²) in [5, 5.41) is 10.8. The molecule has 2 rings (SSSR count). The summed E-state index contributed by atoms with van der Waals surface area (Å²) in [6.45, 7) is 0. The molecule has 1 atom stereocenters. The van der Waals surface area contributed by atoms with Gasteiger partial charge in [0.2, 0.25) is 0 Å². The molecule has 0 saturated heterocycles. The quantitative estimate of drug-likeness (QED) is 0.750. The molecular weight excluding hydrogens is 220 g/mol. The molecule has 0 radical (unpaired) electrons. The Morgan fingerprint density at radius 1 is 1.25 bits per heavy atom. The van der Waals surface area contributed by atoms with Crippen LogP contribution in [0, 0.1) is 5.92 Å². The summed E-state index contributed by atoms with van der Waals surface area (Å²) in [7, 11) is 0. The molecule has 16 heavy (non-hydrogen) atoms. The molecule has 0 amide bonds. The highest BCUT2D eigenvalue weighted by molar-refractivity contribution is 8.00. The van der Waals surface area contributed by atoms with Crippen molar-refractivity contribution < 1.29 is 9.90 Å². The Balaban J connectivity index is 2.05. The topological polar surface area (TPSA) is 40.1 Å². The van der Waals surface area contributed by atoms with Gasteiger partial charge in [0.05, 0.1) is 11.2 Å². The molecule has 0 N–H and O–H groups in total. The zero-order valence-corrected chi connectivity index (χ0v) is 9.91. The number of carbonyl (C=O) groups excluding carboxylic acids is 1. The fraction of sp³-hybridized carbons (Fsp3) is 0.462. The van der Waals surface area contributed by atoms with Crippen LogP contribution in [0.4, 0.5) is 0 Å². The van der Waals surface area contributed by atoms with Gasteiger partial charge in [-0.1, -0.05) is 31.0 Å². The van der Waals surface area contributed by atoms with E-state index in [0.717, 1.165) is 30.6 Å². The molecule has 0 spiro atoms. The highest BCUT2D eigenvalue weighted by atomic mass is 32.2. The van der Waals surface area contributed by atoms with E-state index in [0.29, 0.717) is 0 Å². The lowest BCUT2D eigenvalue weighted by Gasteiger charge is -2.23. The van der Waals surface area contributed by atoms with Crippen LogP contribution >= 0.6 is 11.8 Å². The molecule has 1 unspecified atom stereocenters. The Morgan fingerprint density at radius 3 is 2.44 bits per heavy atom. The van der Waals surface area contributed by atoms with Gasteiger partial charge in [-0.25, -0.2) is 0 Å². The fourth-order valence-electron chi connectivity index (χ4n) is 2.24. The number of hydrogen-bond donors (Lipinski definition) is 0. The van der Waals surface area contributed by atoms with Crippen LogP contribution in [0.5, 0.6) is 0 Å². The molecule has 1 aromatic rings. The standard InChI is InChI=1S/C13H16O2S/c14-13(15)12(10-6-4-5-7-10)16-11-8-2-1-3-9-11/h1-3,8-10,12H,4-7H2,(H,14,15)/p-1. The van der Waals surface area contributed by atoms with E-state index in [1.165, 1.54) is 11.8 Å². The van der Waals surface area contributed by atoms with Crippen molar-refractivity contribution in [2.45, 2.75) is 35.8 Å². The third-order valence-corrected chi connectivity index (χ3v) is 4.44. The van der Waals surface area contributed by atoms with Crippen LogP contribution in [0.15, 0.2) is 35.2 Å². The third kappa shape index (κ3) is 2.79. The van der Waals surface area contributed by atoms with E-state index < -0.39 is 5.97 Å². The van der Waals surface area contributed by atoms with Gasteiger partial charge in [0.25, 0.3) is 0 Å². The van der Waals surface area contributed by atoms with Crippen molar-refractivity contribution in [2.75, 3.05) is 0 Å². The minimum atomic E-state index is -0.916. The first kappa shape index (κ1) is 11.5. The van der Waals surface area contributed by atoms with E-state index in [9.17, 15) is 9.90 Å². The number of carboxylic acid groups (broad SMARTS) is 1. The molecule has 3 heteroatoms. The molecule has 2 nitrogen and oxygen atoms in total. The van der Waals surface area contributed by atoms with E-state index in [1.807, 2.05) is 30.3 Å². The number of carboxylic acids is 1. The summed E-state index contributed by atoms with van der Waals surface area (Å²) in [6.07, 6.45) is 4.37. The fourth-order valence-corrected chi connectivity index (χ4v) is 3.41. The molecule has 1 aliphatic rings. The van der Waals surface area contributed by atoms with Crippen molar-refractivity contribution in [3.63, 3.8) is 0 Å². The maximum atomic E-state index is 11.2. The van der Waals surface area contributed by atoms with Crippen molar-refractivity contribution in [2.24, 2.45) is 5.92 Å². The lowest BCUT2D eigenvalue weighted by Crippen LogP contribution is -2.37. The van der Waals surface area contributed by atoms with E-state index >= 15 is 0 Å². The van der Waals surface area contributed by atoms with Gasteiger partial charge in [-0.15, -0.1) is 11.8 Å². The van der Waals surface area contributed by atoms with Crippen LogP contribution in [0.3, 0.4) is 0 Å². The minimum absolute atomic E-state index is 0.287. The van der Waals surface area contributed by atoms with Gasteiger partial charge < -0.3 is 9.90 Å². The first-order valence-electron chi connectivity index (χ1n) is 5.70. The Hall–Kier alpha value is -0.960. The summed E-state index contributed by atoms with van der Waals surface area (Å²) in [5.74, 6) is -0.629. The minimum Gasteiger partial charge on any atom is -0.549 e. The van der Waals surface area contributed by atoms with Gasteiger partial charge in [0.1, 0.15) is 0 Å². The normalized spacial score (nSPS) is 18.5. The summed E-state index contributed by atoms with van der Waals surface area (Å²) in [5.41, 5.74) is 0. The van der Waals surface area contributed by atoms with Gasteiger partial charge in [-0.3, -0.25) is 0 Å². The SMILES string of the molecule is O=C([O-])C(Sc1ccccc1)C1CCCC1. The van der Waals surface area contributed by atoms with E-state index in [-0.39, 0.29) is 11.2 Å². The monoisotopic (exact) mass is 235 g/mol. The van der Waals surface area contributed by atoms with Gasteiger partial charge >= 0.3 is 0 Å². The molecule has 0 aromatic heterocycles. The van der Waals surface area contributed by atoms with Crippen LogP contribution in [-0.2, 0) is 4.79 Å². The molecule has 1 fully saturated rings. The van der Waals surface area contributed by atoms with E-state index in [1.54, 1.807) is 0 Å². The number of carbonyl (C=O) groups is 1. The summed E-state index contributed by atoms with van der Waals surface area (Å²) < 4.78 is 0. The highest BCUT2D eigenvalue weighted by Gasteiger charge is 2.26. The highest BCUT2D eigenvalue weighted by Crippen LogP contribution is 2.36. The van der Waals surface area contributed by atoms with Crippen molar-refractivity contribution in [3.8, 4) is 0 Å². The molecule has 86 valence electrons. The molecule has 0 aliphatic heterocycles. The maximum absolute atomic E-state index is 11.2. The Bertz CT molecular complexity index is 344. The molecule has 1 saturated carbocycles. The van der Waals surface area contributed by atoms with Gasteiger partial charge in [-0.05, 0) is 30.9 Å². The van der Waals surface area contributed by atoms with Crippen molar-refractivity contribution in [1.82, 2.24) is 0 Å². The van der Waals surface area contributed by atoms with Crippen molar-refractivity contribution in [1.29, 1.82) is 0 Å². The van der Waals surface area contributed by atoms with Crippen molar-refractivity contribution in [3.05, 3.63) is 30.3 Å². The second-order valence-corrected chi connectivity index (χ2v) is 5.43. The molecule has 1 aromatic carbocycles. The van der Waals surface area contributed by atoms with Crippen LogP contribution in [-0.4, -0.2) is 11.2 Å². The van der Waals surface area contributed by atoms with Gasteiger partial charge in [0.15, 0.2) is 0 Å². The first-order chi connectivity index (χ1) is 7.77. The van der Waals surface area contributed by atoms with Gasteiger partial charge in [0, 0.05) is 4.90 Å². The van der Waals surface area contributed by atoms with Crippen LogP contribution < -0.4 is 5.11 Å². The average molecular weight is 235 g/mol. The van der Waals surface area contributed by atoms with Gasteiger partial charge in [-0.2, -0.15) is 0 Å². The van der Waals surface area contributed by atoms with Crippen LogP contribution in [0.2, 0.25) is 0 Å². The summed E-state index contributed by atoms with van der Waals surface area (Å²) in [6, 6.07) is 9.71. The molecule has 0 bridgehead atoms. The number of thioether (sulfide) groups is 1. The summed E-state index contributed by atoms with van der Waals surface area (Å²) in [4.78, 5) is 12.2. The van der Waals surface area contributed by atoms with Crippen LogP contribution in [0.1, 0.15) is 25.7 Å². The average Bonchev–Trinajstić information content (AvgIpc) is 2.80. The van der Waals surface area contributed by atoms with Crippen molar-refractivity contribution >= 4 is 17.7 Å². The Labute approximate surface area is 100 Å². The smallest absolute Gasteiger partial charge is 0.0551 e. The Morgan fingerprint density at radius 2 is 1.88 bits per heavy atom. The Kier molecular flexibility index (Phi) is 3.88. The molecule has 0 heterocycles. The second-order valence-electron chi connectivity index (χ2n) is 4.22. The number of benzene rings is 1. The molecule has 1 aliphatic carbocycles. The van der Waals surface area contributed by atoms with Crippen LogP contribution in [0.25, 0.3) is 0 Å². The lowest BCUT2D eigenvalue weighted by atomic mass is 10.0. The second kappa shape index (κ2) is 5.39.